The monoisotopic (exact) mass is 300 g/mol. The fourth-order valence-electron chi connectivity index (χ4n) is 1.98. The van der Waals surface area contributed by atoms with Gasteiger partial charge in [-0.05, 0) is 30.3 Å². The normalized spacial score (nSPS) is 10.7. The molecule has 0 N–H and O–H groups in total. The van der Waals surface area contributed by atoms with E-state index in [-0.39, 0.29) is 0 Å². The van der Waals surface area contributed by atoms with Crippen LogP contribution in [0, 0.1) is 0 Å². The summed E-state index contributed by atoms with van der Waals surface area (Å²) in [5, 5.41) is 0. The molecule has 1 aromatic heterocycles. The maximum Gasteiger partial charge on any atom is 0.152 e. The van der Waals surface area contributed by atoms with E-state index in [9.17, 15) is 4.79 Å². The lowest BCUT2D eigenvalue weighted by Gasteiger charge is -2.07. The number of aldehydes is 1. The van der Waals surface area contributed by atoms with Gasteiger partial charge in [0, 0.05) is 10.0 Å². The van der Waals surface area contributed by atoms with Crippen molar-refractivity contribution >= 4 is 33.2 Å². The third kappa shape index (κ3) is 1.75. The molecule has 0 fully saturated rings. The predicted molar refractivity (Wildman–Crippen MR) is 74.2 cm³/mol. The maximum atomic E-state index is 11.1. The van der Waals surface area contributed by atoms with Crippen molar-refractivity contribution in [1.29, 1.82) is 0 Å². The Labute approximate surface area is 112 Å². The van der Waals surface area contributed by atoms with Crippen LogP contribution in [0.25, 0.3) is 16.7 Å². The molecular weight excluding hydrogens is 292 g/mol. The molecule has 18 heavy (non-hydrogen) atoms. The summed E-state index contributed by atoms with van der Waals surface area (Å²) >= 11 is 3.43. The number of hydrogen-bond acceptors (Lipinski definition) is 2. The topological polar surface area (TPSA) is 34.9 Å². The SMILES string of the molecule is O=Cc1ccc(Br)cc1-n1cnc2ccccc21. The molecule has 0 saturated carbocycles. The van der Waals surface area contributed by atoms with Gasteiger partial charge < -0.3 is 0 Å². The van der Waals surface area contributed by atoms with Gasteiger partial charge in [-0.3, -0.25) is 9.36 Å². The van der Waals surface area contributed by atoms with Crippen molar-refractivity contribution in [3.63, 3.8) is 0 Å². The van der Waals surface area contributed by atoms with Crippen molar-refractivity contribution in [2.24, 2.45) is 0 Å². The van der Waals surface area contributed by atoms with Crippen LogP contribution >= 0.6 is 15.9 Å². The zero-order chi connectivity index (χ0) is 12.5. The predicted octanol–water partition coefficient (Wildman–Crippen LogP) is 3.60. The van der Waals surface area contributed by atoms with Gasteiger partial charge in [0.05, 0.1) is 16.7 Å². The number of imidazole rings is 1. The Morgan fingerprint density at radius 2 is 2.00 bits per heavy atom. The molecule has 1 heterocycles. The highest BCUT2D eigenvalue weighted by Crippen LogP contribution is 2.23. The third-order valence-corrected chi connectivity index (χ3v) is 3.33. The van der Waals surface area contributed by atoms with Crippen molar-refractivity contribution in [3.05, 3.63) is 58.8 Å². The van der Waals surface area contributed by atoms with E-state index < -0.39 is 0 Å². The van der Waals surface area contributed by atoms with E-state index in [0.717, 1.165) is 27.5 Å². The first-order valence-corrected chi connectivity index (χ1v) is 6.26. The highest BCUT2D eigenvalue weighted by molar-refractivity contribution is 9.10. The van der Waals surface area contributed by atoms with Crippen LogP contribution in [0.1, 0.15) is 10.4 Å². The van der Waals surface area contributed by atoms with Crippen molar-refractivity contribution < 1.29 is 4.79 Å². The second kappa shape index (κ2) is 4.38. The highest BCUT2D eigenvalue weighted by Gasteiger charge is 2.08. The summed E-state index contributed by atoms with van der Waals surface area (Å²) in [7, 11) is 0. The smallest absolute Gasteiger partial charge is 0.152 e. The van der Waals surface area contributed by atoms with Gasteiger partial charge in [0.2, 0.25) is 0 Å². The number of carbonyl (C=O) groups is 1. The molecule has 3 nitrogen and oxygen atoms in total. The number of halogens is 1. The standard InChI is InChI=1S/C14H9BrN2O/c15-11-6-5-10(8-18)14(7-11)17-9-16-12-3-1-2-4-13(12)17/h1-9H. The first-order valence-electron chi connectivity index (χ1n) is 5.47. The molecule has 0 spiro atoms. The van der Waals surface area contributed by atoms with E-state index in [1.807, 2.05) is 41.0 Å². The number of aromatic nitrogens is 2. The van der Waals surface area contributed by atoms with Crippen LogP contribution in [0.3, 0.4) is 0 Å². The molecular formula is C14H9BrN2O. The molecule has 4 heteroatoms. The Morgan fingerprint density at radius 3 is 2.83 bits per heavy atom. The van der Waals surface area contributed by atoms with Gasteiger partial charge in [-0.1, -0.05) is 28.1 Å². The average Bonchev–Trinajstić information content (AvgIpc) is 2.82. The van der Waals surface area contributed by atoms with E-state index >= 15 is 0 Å². The maximum absolute atomic E-state index is 11.1. The second-order valence-electron chi connectivity index (χ2n) is 3.92. The van der Waals surface area contributed by atoms with E-state index in [2.05, 4.69) is 20.9 Å². The van der Waals surface area contributed by atoms with Gasteiger partial charge in [0.1, 0.15) is 6.33 Å². The summed E-state index contributed by atoms with van der Waals surface area (Å²) in [6.45, 7) is 0. The molecule has 0 aliphatic carbocycles. The molecule has 3 aromatic rings. The number of benzene rings is 2. The van der Waals surface area contributed by atoms with Crippen LogP contribution in [-0.2, 0) is 0 Å². The van der Waals surface area contributed by atoms with Crippen LogP contribution < -0.4 is 0 Å². The molecule has 0 atom stereocenters. The van der Waals surface area contributed by atoms with Crippen LogP contribution in [0.5, 0.6) is 0 Å². The Kier molecular flexibility index (Phi) is 2.72. The zero-order valence-corrected chi connectivity index (χ0v) is 11.0. The van der Waals surface area contributed by atoms with E-state index in [1.165, 1.54) is 0 Å². The number of hydrogen-bond donors (Lipinski definition) is 0. The van der Waals surface area contributed by atoms with Crippen molar-refractivity contribution in [3.8, 4) is 5.69 Å². The number of carbonyl (C=O) groups excluding carboxylic acids is 1. The first-order chi connectivity index (χ1) is 8.79. The molecule has 3 rings (SSSR count). The van der Waals surface area contributed by atoms with Gasteiger partial charge in [-0.25, -0.2) is 4.98 Å². The fourth-order valence-corrected chi connectivity index (χ4v) is 2.33. The van der Waals surface area contributed by atoms with E-state index in [0.29, 0.717) is 5.56 Å². The van der Waals surface area contributed by atoms with Crippen LogP contribution in [0.15, 0.2) is 53.3 Å². The molecule has 0 unspecified atom stereocenters. The second-order valence-corrected chi connectivity index (χ2v) is 4.84. The Morgan fingerprint density at radius 1 is 1.17 bits per heavy atom. The number of nitrogens with zero attached hydrogens (tertiary/aromatic N) is 2. The van der Waals surface area contributed by atoms with Gasteiger partial charge in [0.15, 0.2) is 6.29 Å². The third-order valence-electron chi connectivity index (χ3n) is 2.83. The van der Waals surface area contributed by atoms with Gasteiger partial charge in [-0.2, -0.15) is 0 Å². The summed E-state index contributed by atoms with van der Waals surface area (Å²) in [5.41, 5.74) is 3.36. The van der Waals surface area contributed by atoms with Gasteiger partial charge >= 0.3 is 0 Å². The highest BCUT2D eigenvalue weighted by atomic mass is 79.9. The zero-order valence-electron chi connectivity index (χ0n) is 9.38. The first kappa shape index (κ1) is 11.2. The summed E-state index contributed by atoms with van der Waals surface area (Å²) in [6.07, 6.45) is 2.59. The van der Waals surface area contributed by atoms with E-state index in [4.69, 9.17) is 0 Å². The number of fused-ring (bicyclic) bond motifs is 1. The molecule has 88 valence electrons. The van der Waals surface area contributed by atoms with Gasteiger partial charge in [-0.15, -0.1) is 0 Å². The molecule has 2 aromatic carbocycles. The Hall–Kier alpha value is -1.94. The summed E-state index contributed by atoms with van der Waals surface area (Å²) < 4.78 is 2.85. The molecule has 0 aliphatic heterocycles. The molecule has 0 amide bonds. The average molecular weight is 301 g/mol. The van der Waals surface area contributed by atoms with Crippen LogP contribution in [0.2, 0.25) is 0 Å². The fraction of sp³-hybridized carbons (Fsp3) is 0. The lowest BCUT2D eigenvalue weighted by atomic mass is 10.2. The largest absolute Gasteiger partial charge is 0.298 e. The Balaban J connectivity index is 2.32. The summed E-state index contributed by atoms with van der Waals surface area (Å²) in [5.74, 6) is 0. The molecule has 0 saturated heterocycles. The van der Waals surface area contributed by atoms with Crippen molar-refractivity contribution in [2.45, 2.75) is 0 Å². The van der Waals surface area contributed by atoms with Crippen LogP contribution in [-0.4, -0.2) is 15.8 Å². The van der Waals surface area contributed by atoms with Crippen molar-refractivity contribution in [1.82, 2.24) is 9.55 Å². The minimum atomic E-state index is 0.640. The lowest BCUT2D eigenvalue weighted by molar-refractivity contribution is 0.112. The molecule has 0 bridgehead atoms. The quantitative estimate of drug-likeness (QED) is 0.678. The molecule has 0 radical (unpaired) electrons. The van der Waals surface area contributed by atoms with Crippen LogP contribution in [0.4, 0.5) is 0 Å². The lowest BCUT2D eigenvalue weighted by Crippen LogP contribution is -1.97. The minimum absolute atomic E-state index is 0.640. The van der Waals surface area contributed by atoms with E-state index in [1.54, 1.807) is 12.4 Å². The van der Waals surface area contributed by atoms with Gasteiger partial charge in [0.25, 0.3) is 0 Å². The van der Waals surface area contributed by atoms with Crippen molar-refractivity contribution in [2.75, 3.05) is 0 Å². The Bertz CT molecular complexity index is 733. The number of para-hydroxylation sites is 2. The minimum Gasteiger partial charge on any atom is -0.298 e. The molecule has 0 aliphatic rings. The summed E-state index contributed by atoms with van der Waals surface area (Å²) in [6, 6.07) is 13.4. The number of rotatable bonds is 2. The summed E-state index contributed by atoms with van der Waals surface area (Å²) in [4.78, 5) is 15.5.